The molecule has 0 aromatic heterocycles. The highest BCUT2D eigenvalue weighted by Crippen LogP contribution is 2.23. The van der Waals surface area contributed by atoms with Crippen molar-refractivity contribution in [1.29, 1.82) is 0 Å². The van der Waals surface area contributed by atoms with Gasteiger partial charge >= 0.3 is 12.0 Å². The number of urea groups is 1. The van der Waals surface area contributed by atoms with Crippen molar-refractivity contribution < 1.29 is 27.5 Å². The number of piperidine rings is 1. The number of benzene rings is 1. The number of sulfonamides is 1. The fraction of sp³-hybridized carbons (Fsp3) is 0.550. The second kappa shape index (κ2) is 10.0. The van der Waals surface area contributed by atoms with Gasteiger partial charge in [-0.15, -0.1) is 0 Å². The summed E-state index contributed by atoms with van der Waals surface area (Å²) in [7, 11) is -3.71. The molecule has 1 heterocycles. The van der Waals surface area contributed by atoms with Crippen molar-refractivity contribution in [2.45, 2.75) is 64.0 Å². The lowest BCUT2D eigenvalue weighted by atomic mass is 10.1. The minimum absolute atomic E-state index is 0.00960. The third-order valence-electron chi connectivity index (χ3n) is 4.69. The normalized spacial score (nSPS) is 16.0. The van der Waals surface area contributed by atoms with Gasteiger partial charge in [-0.25, -0.2) is 18.0 Å². The molecule has 1 aromatic carbocycles. The van der Waals surface area contributed by atoms with E-state index in [9.17, 15) is 22.8 Å². The molecule has 0 spiro atoms. The number of rotatable bonds is 6. The van der Waals surface area contributed by atoms with Crippen LogP contribution in [0.2, 0.25) is 0 Å². The Morgan fingerprint density at radius 2 is 1.70 bits per heavy atom. The van der Waals surface area contributed by atoms with Crippen LogP contribution in [0.5, 0.6) is 0 Å². The Morgan fingerprint density at radius 1 is 1.07 bits per heavy atom. The Labute approximate surface area is 177 Å². The number of ether oxygens (including phenoxy) is 1. The average molecular weight is 440 g/mol. The second-order valence-electron chi connectivity index (χ2n) is 7.61. The Hall–Kier alpha value is -2.46. The van der Waals surface area contributed by atoms with Gasteiger partial charge in [0.15, 0.2) is 6.10 Å². The predicted molar refractivity (Wildman–Crippen MR) is 110 cm³/mol. The number of nitrogens with zero attached hydrogens (tertiary/aromatic N) is 1. The molecule has 1 aliphatic rings. The number of hydrogen-bond acceptors (Lipinski definition) is 6. The zero-order chi connectivity index (χ0) is 22.5. The first-order valence-electron chi connectivity index (χ1n) is 9.95. The van der Waals surface area contributed by atoms with Gasteiger partial charge in [0.2, 0.25) is 10.0 Å². The summed E-state index contributed by atoms with van der Waals surface area (Å²) >= 11 is 0. The van der Waals surface area contributed by atoms with Crippen molar-refractivity contribution in [3.05, 3.63) is 29.3 Å². The third kappa shape index (κ3) is 6.02. The van der Waals surface area contributed by atoms with Crippen LogP contribution in [0.3, 0.4) is 0 Å². The molecule has 1 aliphatic heterocycles. The number of carbonyl (C=O) groups excluding carboxylic acids is 3. The topological polar surface area (TPSA) is 122 Å². The number of hydrogen-bond donors (Lipinski definition) is 2. The predicted octanol–water partition coefficient (Wildman–Crippen LogP) is 1.95. The van der Waals surface area contributed by atoms with Gasteiger partial charge in [0, 0.05) is 19.1 Å². The first-order valence-corrected chi connectivity index (χ1v) is 11.4. The number of esters is 1. The minimum Gasteiger partial charge on any atom is -0.449 e. The monoisotopic (exact) mass is 439 g/mol. The molecule has 1 atom stereocenters. The van der Waals surface area contributed by atoms with Crippen LogP contribution in [0.15, 0.2) is 23.1 Å². The van der Waals surface area contributed by atoms with E-state index in [-0.39, 0.29) is 16.5 Å². The molecule has 1 unspecified atom stereocenters. The van der Waals surface area contributed by atoms with Crippen molar-refractivity contribution in [3.8, 4) is 0 Å². The third-order valence-corrected chi connectivity index (χ3v) is 6.59. The van der Waals surface area contributed by atoms with E-state index < -0.39 is 34.0 Å². The summed E-state index contributed by atoms with van der Waals surface area (Å²) in [6.45, 7) is 7.36. The number of aryl methyl sites for hydroxylation is 1. The fourth-order valence-corrected chi connectivity index (χ4v) is 4.57. The molecule has 9 nitrogen and oxygen atoms in total. The summed E-state index contributed by atoms with van der Waals surface area (Å²) < 4.78 is 32.3. The molecule has 10 heteroatoms. The highest BCUT2D eigenvalue weighted by atomic mass is 32.2. The van der Waals surface area contributed by atoms with Gasteiger partial charge in [-0.2, -0.15) is 4.31 Å². The minimum atomic E-state index is -3.71. The Morgan fingerprint density at radius 3 is 2.30 bits per heavy atom. The average Bonchev–Trinajstić information content (AvgIpc) is 2.67. The van der Waals surface area contributed by atoms with Crippen LogP contribution in [0.25, 0.3) is 0 Å². The number of nitrogens with one attached hydrogen (secondary N) is 2. The van der Waals surface area contributed by atoms with E-state index in [1.54, 1.807) is 20.8 Å². The number of amides is 3. The van der Waals surface area contributed by atoms with Crippen LogP contribution in [-0.2, 0) is 19.6 Å². The van der Waals surface area contributed by atoms with Gasteiger partial charge in [-0.3, -0.25) is 10.1 Å². The summed E-state index contributed by atoms with van der Waals surface area (Å²) in [5.41, 5.74) is 0.571. The molecule has 0 aliphatic carbocycles. The molecule has 0 radical (unpaired) electrons. The summed E-state index contributed by atoms with van der Waals surface area (Å²) in [6, 6.07) is 3.42. The SMILES string of the molecule is Cc1ccc(S(=O)(=O)N2CCCCC2)cc1C(=O)OC(C)C(=O)NC(=O)NC(C)C. The highest BCUT2D eigenvalue weighted by molar-refractivity contribution is 7.89. The van der Waals surface area contributed by atoms with Crippen molar-refractivity contribution >= 4 is 27.9 Å². The molecule has 0 bridgehead atoms. The van der Waals surface area contributed by atoms with E-state index in [4.69, 9.17) is 4.74 Å². The molecule has 30 heavy (non-hydrogen) atoms. The van der Waals surface area contributed by atoms with Gasteiger partial charge < -0.3 is 10.1 Å². The lowest BCUT2D eigenvalue weighted by molar-refractivity contribution is -0.127. The van der Waals surface area contributed by atoms with E-state index in [1.165, 1.54) is 29.4 Å². The van der Waals surface area contributed by atoms with Crippen LogP contribution >= 0.6 is 0 Å². The van der Waals surface area contributed by atoms with Crippen molar-refractivity contribution in [2.24, 2.45) is 0 Å². The Bertz CT molecular complexity index is 907. The van der Waals surface area contributed by atoms with Gasteiger partial charge in [-0.05, 0) is 58.2 Å². The maximum absolute atomic E-state index is 12.9. The molecule has 1 fully saturated rings. The Kier molecular flexibility index (Phi) is 7.96. The summed E-state index contributed by atoms with van der Waals surface area (Å²) in [6.07, 6.45) is 1.36. The number of imide groups is 1. The lowest BCUT2D eigenvalue weighted by Gasteiger charge is -2.26. The van der Waals surface area contributed by atoms with E-state index in [0.717, 1.165) is 19.3 Å². The largest absolute Gasteiger partial charge is 0.449 e. The van der Waals surface area contributed by atoms with Crippen LogP contribution in [0.4, 0.5) is 4.79 Å². The molecule has 1 aromatic rings. The molecule has 166 valence electrons. The van der Waals surface area contributed by atoms with E-state index in [0.29, 0.717) is 18.7 Å². The van der Waals surface area contributed by atoms with Gasteiger partial charge in [0.1, 0.15) is 0 Å². The molecule has 0 saturated carbocycles. The smallest absolute Gasteiger partial charge is 0.339 e. The first kappa shape index (κ1) is 23.8. The van der Waals surface area contributed by atoms with Gasteiger partial charge in [0.05, 0.1) is 10.5 Å². The maximum atomic E-state index is 12.9. The lowest BCUT2D eigenvalue weighted by Crippen LogP contribution is -2.46. The van der Waals surface area contributed by atoms with Crippen LogP contribution in [-0.4, -0.2) is 55.9 Å². The van der Waals surface area contributed by atoms with Crippen LogP contribution < -0.4 is 10.6 Å². The highest BCUT2D eigenvalue weighted by Gasteiger charge is 2.28. The van der Waals surface area contributed by atoms with E-state index >= 15 is 0 Å². The summed E-state index contributed by atoms with van der Waals surface area (Å²) in [5, 5.41) is 4.59. The molecule has 3 amide bonds. The standard InChI is InChI=1S/C20H29N3O6S/c1-13(2)21-20(26)22-18(24)15(4)29-19(25)17-12-16(9-8-14(17)3)30(27,28)23-10-6-5-7-11-23/h8-9,12-13,15H,5-7,10-11H2,1-4H3,(H2,21,22,24,26). The quantitative estimate of drug-likeness (QED) is 0.654. The molecule has 2 rings (SSSR count). The fourth-order valence-electron chi connectivity index (χ4n) is 3.03. The van der Waals surface area contributed by atoms with E-state index in [1.807, 2.05) is 0 Å². The van der Waals surface area contributed by atoms with E-state index in [2.05, 4.69) is 10.6 Å². The first-order chi connectivity index (χ1) is 14.0. The Balaban J connectivity index is 2.13. The van der Waals surface area contributed by atoms with Crippen LogP contribution in [0.1, 0.15) is 56.0 Å². The summed E-state index contributed by atoms with van der Waals surface area (Å²) in [4.78, 5) is 36.3. The molecule has 1 saturated heterocycles. The van der Waals surface area contributed by atoms with Gasteiger partial charge in [-0.1, -0.05) is 12.5 Å². The second-order valence-corrected chi connectivity index (χ2v) is 9.54. The molecular weight excluding hydrogens is 410 g/mol. The molecular formula is C20H29N3O6S. The molecule has 2 N–H and O–H groups in total. The van der Waals surface area contributed by atoms with Crippen molar-refractivity contribution in [2.75, 3.05) is 13.1 Å². The number of carbonyl (C=O) groups is 3. The van der Waals surface area contributed by atoms with Crippen molar-refractivity contribution in [1.82, 2.24) is 14.9 Å². The summed E-state index contributed by atoms with van der Waals surface area (Å²) in [5.74, 6) is -1.62. The van der Waals surface area contributed by atoms with Gasteiger partial charge in [0.25, 0.3) is 5.91 Å². The zero-order valence-corrected chi connectivity index (χ0v) is 18.5. The maximum Gasteiger partial charge on any atom is 0.339 e. The van der Waals surface area contributed by atoms with Crippen molar-refractivity contribution in [3.63, 3.8) is 0 Å². The van der Waals surface area contributed by atoms with Crippen LogP contribution in [0, 0.1) is 6.92 Å². The zero-order valence-electron chi connectivity index (χ0n) is 17.7.